The first-order chi connectivity index (χ1) is 6.83. The molecule has 0 aliphatic carbocycles. The van der Waals surface area contributed by atoms with E-state index in [0.29, 0.717) is 18.6 Å². The highest BCUT2D eigenvalue weighted by molar-refractivity contribution is 5.73. The molecule has 0 aromatic heterocycles. The van der Waals surface area contributed by atoms with Gasteiger partial charge in [-0.3, -0.25) is 9.69 Å². The number of nitrogens with one attached hydrogen (secondary N) is 1. The molecule has 4 heteroatoms. The van der Waals surface area contributed by atoms with Crippen LogP contribution in [0.5, 0.6) is 0 Å². The molecule has 0 spiro atoms. The molecule has 2 N–H and O–H groups in total. The molecule has 88 valence electrons. The predicted octanol–water partition coefficient (Wildman–Crippen LogP) is 0.779. The zero-order valence-corrected chi connectivity index (χ0v) is 10.1. The zero-order valence-electron chi connectivity index (χ0n) is 10.1. The van der Waals surface area contributed by atoms with Gasteiger partial charge < -0.3 is 10.4 Å². The van der Waals surface area contributed by atoms with Gasteiger partial charge in [-0.1, -0.05) is 0 Å². The molecule has 15 heavy (non-hydrogen) atoms. The Morgan fingerprint density at radius 3 is 2.67 bits per heavy atom. The molecule has 1 aliphatic heterocycles. The van der Waals surface area contributed by atoms with Crippen LogP contribution in [0.25, 0.3) is 0 Å². The molecule has 1 fully saturated rings. The summed E-state index contributed by atoms with van der Waals surface area (Å²) in [5.41, 5.74) is -0.661. The third kappa shape index (κ3) is 3.18. The van der Waals surface area contributed by atoms with Crippen molar-refractivity contribution in [2.75, 3.05) is 19.6 Å². The number of carbonyl (C=O) groups is 1. The Morgan fingerprint density at radius 2 is 2.13 bits per heavy atom. The summed E-state index contributed by atoms with van der Waals surface area (Å²) in [5.74, 6) is -0.721. The van der Waals surface area contributed by atoms with Gasteiger partial charge in [0.1, 0.15) is 0 Å². The Morgan fingerprint density at radius 1 is 1.53 bits per heavy atom. The summed E-state index contributed by atoms with van der Waals surface area (Å²) in [6, 6.07) is 0.866. The molecule has 0 aromatic rings. The van der Waals surface area contributed by atoms with Crippen molar-refractivity contribution in [3.05, 3.63) is 0 Å². The van der Waals surface area contributed by atoms with E-state index >= 15 is 0 Å². The van der Waals surface area contributed by atoms with Gasteiger partial charge >= 0.3 is 5.97 Å². The maximum atomic E-state index is 11.0. The van der Waals surface area contributed by atoms with Crippen LogP contribution >= 0.6 is 0 Å². The first-order valence-corrected chi connectivity index (χ1v) is 5.54. The fourth-order valence-corrected chi connectivity index (χ4v) is 1.89. The normalized spacial score (nSPS) is 29.1. The Hall–Kier alpha value is -0.610. The number of carboxylic acid groups (broad SMARTS) is 1. The van der Waals surface area contributed by atoms with Gasteiger partial charge in [0.05, 0.1) is 5.41 Å². The van der Waals surface area contributed by atoms with Gasteiger partial charge in [0.15, 0.2) is 0 Å². The lowest BCUT2D eigenvalue weighted by Crippen LogP contribution is -2.57. The van der Waals surface area contributed by atoms with E-state index in [-0.39, 0.29) is 0 Å². The summed E-state index contributed by atoms with van der Waals surface area (Å²) in [7, 11) is 0. The Balaban J connectivity index is 2.59. The smallest absolute Gasteiger partial charge is 0.310 e. The lowest BCUT2D eigenvalue weighted by Gasteiger charge is -2.40. The van der Waals surface area contributed by atoms with Crippen LogP contribution in [0.1, 0.15) is 27.7 Å². The first kappa shape index (κ1) is 12.5. The summed E-state index contributed by atoms with van der Waals surface area (Å²) in [6.45, 7) is 10.3. The minimum Gasteiger partial charge on any atom is -0.481 e. The molecule has 2 unspecified atom stereocenters. The van der Waals surface area contributed by atoms with Crippen LogP contribution < -0.4 is 5.32 Å². The Bertz CT molecular complexity index is 241. The van der Waals surface area contributed by atoms with Crippen molar-refractivity contribution in [1.29, 1.82) is 0 Å². The van der Waals surface area contributed by atoms with Crippen molar-refractivity contribution in [2.45, 2.75) is 39.8 Å². The van der Waals surface area contributed by atoms with Crippen molar-refractivity contribution in [3.63, 3.8) is 0 Å². The van der Waals surface area contributed by atoms with Crippen molar-refractivity contribution in [3.8, 4) is 0 Å². The van der Waals surface area contributed by atoms with Gasteiger partial charge in [-0.2, -0.15) is 0 Å². The molecule has 1 rings (SSSR count). The highest BCUT2D eigenvalue weighted by atomic mass is 16.4. The van der Waals surface area contributed by atoms with Crippen LogP contribution in [-0.2, 0) is 4.79 Å². The van der Waals surface area contributed by atoms with Crippen LogP contribution in [0, 0.1) is 5.41 Å². The molecule has 1 aliphatic rings. The minimum absolute atomic E-state index is 0.417. The van der Waals surface area contributed by atoms with Gasteiger partial charge in [0.25, 0.3) is 0 Å². The minimum atomic E-state index is -0.721. The van der Waals surface area contributed by atoms with Gasteiger partial charge in [-0.15, -0.1) is 0 Å². The summed E-state index contributed by atoms with van der Waals surface area (Å²) in [5, 5.41) is 12.5. The zero-order chi connectivity index (χ0) is 11.6. The third-order valence-electron chi connectivity index (χ3n) is 3.07. The van der Waals surface area contributed by atoms with Crippen molar-refractivity contribution in [2.24, 2.45) is 5.41 Å². The standard InChI is InChI=1S/C11H22N2O2/c1-8-6-13(9(2)5-12-8)7-11(3,4)10(14)15/h8-9,12H,5-7H2,1-4H3,(H,14,15). The van der Waals surface area contributed by atoms with E-state index < -0.39 is 11.4 Å². The lowest BCUT2D eigenvalue weighted by atomic mass is 9.92. The average molecular weight is 214 g/mol. The topological polar surface area (TPSA) is 52.6 Å². The molecule has 2 atom stereocenters. The molecule has 4 nitrogen and oxygen atoms in total. The SMILES string of the molecule is CC1CN(CC(C)(C)C(=O)O)C(C)CN1. The van der Waals surface area contributed by atoms with E-state index in [0.717, 1.165) is 13.1 Å². The summed E-state index contributed by atoms with van der Waals surface area (Å²) >= 11 is 0. The predicted molar refractivity (Wildman–Crippen MR) is 59.9 cm³/mol. The van der Waals surface area contributed by atoms with Crippen molar-refractivity contribution >= 4 is 5.97 Å². The lowest BCUT2D eigenvalue weighted by molar-refractivity contribution is -0.148. The molecule has 0 aromatic carbocycles. The van der Waals surface area contributed by atoms with Crippen LogP contribution in [-0.4, -0.2) is 47.7 Å². The number of piperazine rings is 1. The maximum absolute atomic E-state index is 11.0. The summed E-state index contributed by atoms with van der Waals surface area (Å²) < 4.78 is 0. The molecule has 0 saturated carbocycles. The van der Waals surface area contributed by atoms with Gasteiger partial charge in [0, 0.05) is 31.7 Å². The van der Waals surface area contributed by atoms with E-state index in [1.165, 1.54) is 0 Å². The van der Waals surface area contributed by atoms with E-state index in [1.807, 2.05) is 0 Å². The van der Waals surface area contributed by atoms with Crippen molar-refractivity contribution in [1.82, 2.24) is 10.2 Å². The first-order valence-electron chi connectivity index (χ1n) is 5.54. The van der Waals surface area contributed by atoms with E-state index in [2.05, 4.69) is 24.1 Å². The van der Waals surface area contributed by atoms with Crippen LogP contribution in [0.2, 0.25) is 0 Å². The largest absolute Gasteiger partial charge is 0.481 e. The number of hydrogen-bond acceptors (Lipinski definition) is 3. The fraction of sp³-hybridized carbons (Fsp3) is 0.909. The second kappa shape index (κ2) is 4.49. The van der Waals surface area contributed by atoms with E-state index in [4.69, 9.17) is 5.11 Å². The van der Waals surface area contributed by atoms with Crippen molar-refractivity contribution < 1.29 is 9.90 Å². The monoisotopic (exact) mass is 214 g/mol. The van der Waals surface area contributed by atoms with Crippen LogP contribution in [0.15, 0.2) is 0 Å². The van der Waals surface area contributed by atoms with Gasteiger partial charge in [0.2, 0.25) is 0 Å². The van der Waals surface area contributed by atoms with Crippen LogP contribution in [0.4, 0.5) is 0 Å². The highest BCUT2D eigenvalue weighted by Gasteiger charge is 2.33. The number of carboxylic acids is 1. The molecule has 0 amide bonds. The third-order valence-corrected chi connectivity index (χ3v) is 3.07. The Labute approximate surface area is 91.6 Å². The fourth-order valence-electron chi connectivity index (χ4n) is 1.89. The summed E-state index contributed by atoms with van der Waals surface area (Å²) in [6.07, 6.45) is 0. The number of rotatable bonds is 3. The van der Waals surface area contributed by atoms with E-state index in [1.54, 1.807) is 13.8 Å². The van der Waals surface area contributed by atoms with E-state index in [9.17, 15) is 4.79 Å². The molecule has 1 saturated heterocycles. The molecule has 0 radical (unpaired) electrons. The molecular weight excluding hydrogens is 192 g/mol. The number of aliphatic carboxylic acids is 1. The van der Waals surface area contributed by atoms with Crippen LogP contribution in [0.3, 0.4) is 0 Å². The Kier molecular flexibility index (Phi) is 3.73. The highest BCUT2D eigenvalue weighted by Crippen LogP contribution is 2.20. The molecular formula is C11H22N2O2. The van der Waals surface area contributed by atoms with Gasteiger partial charge in [-0.05, 0) is 27.7 Å². The van der Waals surface area contributed by atoms with Gasteiger partial charge in [-0.25, -0.2) is 0 Å². The second-order valence-electron chi connectivity index (χ2n) is 5.28. The average Bonchev–Trinajstić information content (AvgIpc) is 2.10. The maximum Gasteiger partial charge on any atom is 0.310 e. The molecule has 0 bridgehead atoms. The number of hydrogen-bond donors (Lipinski definition) is 2. The summed E-state index contributed by atoms with van der Waals surface area (Å²) in [4.78, 5) is 13.3. The quantitative estimate of drug-likeness (QED) is 0.729. The number of nitrogens with zero attached hydrogens (tertiary/aromatic N) is 1. The second-order valence-corrected chi connectivity index (χ2v) is 5.28. The molecule has 1 heterocycles.